The van der Waals surface area contributed by atoms with E-state index in [-0.39, 0.29) is 5.92 Å². The van der Waals surface area contributed by atoms with Crippen LogP contribution in [0.1, 0.15) is 51.0 Å². The van der Waals surface area contributed by atoms with Crippen molar-refractivity contribution in [3.8, 4) is 0 Å². The standard InChI is InChI=1S/C16H24O/c1-2-3-4-5-7-12-16(14-17)13-15-10-8-6-9-11-15/h6,8-11,14,16H,2-5,7,12-13H2,1H3. The van der Waals surface area contributed by atoms with Crippen molar-refractivity contribution in [3.63, 3.8) is 0 Å². The van der Waals surface area contributed by atoms with Gasteiger partial charge in [-0.3, -0.25) is 0 Å². The highest BCUT2D eigenvalue weighted by atomic mass is 16.1. The third-order valence-corrected chi connectivity index (χ3v) is 3.21. The molecule has 0 saturated heterocycles. The van der Waals surface area contributed by atoms with Gasteiger partial charge in [0.2, 0.25) is 0 Å². The predicted octanol–water partition coefficient (Wildman–Crippen LogP) is 4.40. The summed E-state index contributed by atoms with van der Waals surface area (Å²) >= 11 is 0. The highest BCUT2D eigenvalue weighted by Crippen LogP contribution is 2.15. The van der Waals surface area contributed by atoms with E-state index >= 15 is 0 Å². The van der Waals surface area contributed by atoms with Gasteiger partial charge in [0.15, 0.2) is 0 Å². The summed E-state index contributed by atoms with van der Waals surface area (Å²) < 4.78 is 0. The molecule has 0 fully saturated rings. The van der Waals surface area contributed by atoms with Crippen LogP contribution in [-0.2, 0) is 11.2 Å². The van der Waals surface area contributed by atoms with Gasteiger partial charge in [0, 0.05) is 5.92 Å². The van der Waals surface area contributed by atoms with Crippen LogP contribution in [0.3, 0.4) is 0 Å². The second-order valence-electron chi connectivity index (χ2n) is 4.79. The largest absolute Gasteiger partial charge is 0.303 e. The maximum Gasteiger partial charge on any atom is 0.123 e. The van der Waals surface area contributed by atoms with Gasteiger partial charge in [-0.05, 0) is 18.4 Å². The Morgan fingerprint density at radius 3 is 2.41 bits per heavy atom. The Morgan fingerprint density at radius 1 is 1.06 bits per heavy atom. The average Bonchev–Trinajstić information content (AvgIpc) is 2.38. The van der Waals surface area contributed by atoms with Crippen LogP contribution in [0.4, 0.5) is 0 Å². The topological polar surface area (TPSA) is 17.1 Å². The van der Waals surface area contributed by atoms with Crippen LogP contribution >= 0.6 is 0 Å². The predicted molar refractivity (Wildman–Crippen MR) is 73.1 cm³/mol. The highest BCUT2D eigenvalue weighted by molar-refractivity contribution is 5.54. The normalized spacial score (nSPS) is 12.3. The number of rotatable bonds is 9. The number of unbranched alkanes of at least 4 members (excludes halogenated alkanes) is 4. The molecule has 0 aromatic heterocycles. The Hall–Kier alpha value is -1.11. The molecule has 0 heterocycles. The Bertz CT molecular complexity index is 292. The molecule has 1 aromatic rings. The number of hydrogen-bond donors (Lipinski definition) is 0. The lowest BCUT2D eigenvalue weighted by Crippen LogP contribution is -2.06. The molecule has 1 heteroatoms. The van der Waals surface area contributed by atoms with E-state index in [1.807, 2.05) is 18.2 Å². The number of aldehydes is 1. The molecule has 0 N–H and O–H groups in total. The van der Waals surface area contributed by atoms with Gasteiger partial charge in [-0.1, -0.05) is 69.4 Å². The second-order valence-corrected chi connectivity index (χ2v) is 4.79. The van der Waals surface area contributed by atoms with E-state index in [2.05, 4.69) is 19.1 Å². The first-order chi connectivity index (χ1) is 8.36. The molecule has 1 atom stereocenters. The van der Waals surface area contributed by atoms with Crippen molar-refractivity contribution in [2.45, 2.75) is 51.9 Å². The van der Waals surface area contributed by atoms with Gasteiger partial charge in [-0.2, -0.15) is 0 Å². The van der Waals surface area contributed by atoms with E-state index in [9.17, 15) is 4.79 Å². The third kappa shape index (κ3) is 6.25. The number of carbonyl (C=O) groups is 1. The number of carbonyl (C=O) groups excluding carboxylic acids is 1. The van der Waals surface area contributed by atoms with Crippen LogP contribution in [0.15, 0.2) is 30.3 Å². The van der Waals surface area contributed by atoms with E-state index in [0.717, 1.165) is 19.1 Å². The van der Waals surface area contributed by atoms with E-state index in [0.29, 0.717) is 0 Å². The molecule has 0 radical (unpaired) electrons. The van der Waals surface area contributed by atoms with Crippen LogP contribution < -0.4 is 0 Å². The molecule has 1 aromatic carbocycles. The first-order valence-electron chi connectivity index (χ1n) is 6.86. The molecule has 0 bridgehead atoms. The van der Waals surface area contributed by atoms with E-state index in [1.54, 1.807) is 0 Å². The summed E-state index contributed by atoms with van der Waals surface area (Å²) in [5.41, 5.74) is 1.28. The summed E-state index contributed by atoms with van der Waals surface area (Å²) in [6.07, 6.45) is 9.45. The molecule has 0 amide bonds. The van der Waals surface area contributed by atoms with Gasteiger partial charge in [-0.25, -0.2) is 0 Å². The second kappa shape index (κ2) is 8.98. The molecule has 1 unspecified atom stereocenters. The maximum absolute atomic E-state index is 11.0. The van der Waals surface area contributed by atoms with Crippen LogP contribution in [0, 0.1) is 5.92 Å². The number of benzene rings is 1. The fourth-order valence-electron chi connectivity index (χ4n) is 2.15. The minimum absolute atomic E-state index is 0.207. The highest BCUT2D eigenvalue weighted by Gasteiger charge is 2.07. The molecular formula is C16H24O. The molecule has 0 saturated carbocycles. The van der Waals surface area contributed by atoms with Crippen LogP contribution in [0.5, 0.6) is 0 Å². The molecule has 0 aliphatic carbocycles. The van der Waals surface area contributed by atoms with Gasteiger partial charge in [0.1, 0.15) is 6.29 Å². The smallest absolute Gasteiger partial charge is 0.123 e. The van der Waals surface area contributed by atoms with E-state index < -0.39 is 0 Å². The summed E-state index contributed by atoms with van der Waals surface area (Å²) in [7, 11) is 0. The lowest BCUT2D eigenvalue weighted by atomic mass is 9.95. The van der Waals surface area contributed by atoms with Crippen molar-refractivity contribution in [1.29, 1.82) is 0 Å². The molecule has 0 spiro atoms. The lowest BCUT2D eigenvalue weighted by molar-refractivity contribution is -0.111. The molecule has 0 aliphatic rings. The monoisotopic (exact) mass is 232 g/mol. The SMILES string of the molecule is CCCCCCCC(C=O)Cc1ccccc1. The zero-order valence-corrected chi connectivity index (χ0v) is 10.9. The lowest BCUT2D eigenvalue weighted by Gasteiger charge is -2.09. The Labute approximate surface area is 105 Å². The zero-order valence-electron chi connectivity index (χ0n) is 10.9. The fraction of sp³-hybridized carbons (Fsp3) is 0.562. The van der Waals surface area contributed by atoms with Crippen LogP contribution in [0.2, 0.25) is 0 Å². The minimum atomic E-state index is 0.207. The maximum atomic E-state index is 11.0. The summed E-state index contributed by atoms with van der Waals surface area (Å²) in [5.74, 6) is 0.207. The Balaban J connectivity index is 2.22. The molecule has 1 nitrogen and oxygen atoms in total. The van der Waals surface area contributed by atoms with Crippen LogP contribution in [-0.4, -0.2) is 6.29 Å². The molecule has 94 valence electrons. The van der Waals surface area contributed by atoms with E-state index in [1.165, 1.54) is 37.7 Å². The Kier molecular flexibility index (Phi) is 7.37. The fourth-order valence-corrected chi connectivity index (χ4v) is 2.15. The first-order valence-corrected chi connectivity index (χ1v) is 6.86. The third-order valence-electron chi connectivity index (χ3n) is 3.21. The summed E-state index contributed by atoms with van der Waals surface area (Å²) in [6.45, 7) is 2.23. The average molecular weight is 232 g/mol. The van der Waals surface area contributed by atoms with Gasteiger partial charge in [-0.15, -0.1) is 0 Å². The van der Waals surface area contributed by atoms with Gasteiger partial charge in [0.25, 0.3) is 0 Å². The summed E-state index contributed by atoms with van der Waals surface area (Å²) in [6, 6.07) is 10.3. The number of hydrogen-bond acceptors (Lipinski definition) is 1. The molecular weight excluding hydrogens is 208 g/mol. The molecule has 1 rings (SSSR count). The van der Waals surface area contributed by atoms with Crippen molar-refractivity contribution in [2.75, 3.05) is 0 Å². The van der Waals surface area contributed by atoms with Gasteiger partial charge >= 0.3 is 0 Å². The van der Waals surface area contributed by atoms with Crippen molar-refractivity contribution in [2.24, 2.45) is 5.92 Å². The molecule has 17 heavy (non-hydrogen) atoms. The minimum Gasteiger partial charge on any atom is -0.303 e. The van der Waals surface area contributed by atoms with Crippen molar-refractivity contribution >= 4 is 6.29 Å². The van der Waals surface area contributed by atoms with Crippen molar-refractivity contribution in [1.82, 2.24) is 0 Å². The van der Waals surface area contributed by atoms with E-state index in [4.69, 9.17) is 0 Å². The van der Waals surface area contributed by atoms with Gasteiger partial charge < -0.3 is 4.79 Å². The van der Waals surface area contributed by atoms with Gasteiger partial charge in [0.05, 0.1) is 0 Å². The summed E-state index contributed by atoms with van der Waals surface area (Å²) in [5, 5.41) is 0. The quantitative estimate of drug-likeness (QED) is 0.455. The summed E-state index contributed by atoms with van der Waals surface area (Å²) in [4.78, 5) is 11.0. The Morgan fingerprint density at radius 2 is 1.76 bits per heavy atom. The van der Waals surface area contributed by atoms with Crippen molar-refractivity contribution in [3.05, 3.63) is 35.9 Å². The van der Waals surface area contributed by atoms with Crippen LogP contribution in [0.25, 0.3) is 0 Å². The zero-order chi connectivity index (χ0) is 12.3. The van der Waals surface area contributed by atoms with Crippen molar-refractivity contribution < 1.29 is 4.79 Å². The molecule has 0 aliphatic heterocycles. The first kappa shape index (κ1) is 14.0.